The van der Waals surface area contributed by atoms with Gasteiger partial charge in [-0.25, -0.2) is 0 Å². The lowest BCUT2D eigenvalue weighted by molar-refractivity contribution is 1.28. The molecule has 0 saturated heterocycles. The molecule has 0 aliphatic carbocycles. The van der Waals surface area contributed by atoms with E-state index in [2.05, 4.69) is 195 Å². The van der Waals surface area contributed by atoms with Crippen LogP contribution in [0.1, 0.15) is 0 Å². The molecule has 0 atom stereocenters. The Bertz CT molecular complexity index is 1450. The van der Waals surface area contributed by atoms with Gasteiger partial charge in [-0.15, -0.1) is 0 Å². The number of anilines is 3. The summed E-state index contributed by atoms with van der Waals surface area (Å²) in [4.78, 5) is 2.25. The molecule has 0 amide bonds. The van der Waals surface area contributed by atoms with Crippen molar-refractivity contribution in [2.24, 2.45) is 0 Å². The van der Waals surface area contributed by atoms with Gasteiger partial charge in [0.2, 0.25) is 0 Å². The molecule has 0 fully saturated rings. The maximum atomic E-state index is 2.33. The van der Waals surface area contributed by atoms with E-state index in [0.29, 0.717) is 0 Å². The van der Waals surface area contributed by atoms with Crippen molar-refractivity contribution in [2.75, 3.05) is 4.90 Å². The first kappa shape index (κ1) is 36.3. The van der Waals surface area contributed by atoms with Crippen LogP contribution in [0.25, 0.3) is 0 Å². The van der Waals surface area contributed by atoms with Crippen LogP contribution in [0.4, 0.5) is 17.1 Å². The summed E-state index contributed by atoms with van der Waals surface area (Å²) in [5, 5.41) is 8.28. The van der Waals surface area contributed by atoms with E-state index in [1.807, 2.05) is 41.1 Å². The van der Waals surface area contributed by atoms with Crippen molar-refractivity contribution >= 4 is 60.3 Å². The maximum Gasteiger partial charge on any atom is 0.0461 e. The Kier molecular flexibility index (Phi) is 15.1. The zero-order chi connectivity index (χ0) is 33.9. The van der Waals surface area contributed by atoms with Gasteiger partial charge in [0, 0.05) is 25.1 Å². The molecular formula is C44H46NPSSi. The quantitative estimate of drug-likeness (QED) is 0.125. The largest absolute Gasteiger partial charge is 0.311 e. The SMILES string of the molecule is C[Si](C)(C)C.c1ccc(N(c2ccccc2)c2ccccc2)cc1.c1ccc(P(c2ccccc2)c2ccccc2)cc1.c1ccsc1. The first-order valence-corrected chi connectivity index (χ1v) is 22.6. The molecule has 0 radical (unpaired) electrons. The molecule has 7 aromatic rings. The van der Waals surface area contributed by atoms with Crippen LogP contribution in [0.2, 0.25) is 26.2 Å². The van der Waals surface area contributed by atoms with E-state index in [1.54, 1.807) is 11.3 Å². The molecule has 1 aromatic heterocycles. The van der Waals surface area contributed by atoms with Gasteiger partial charge in [0.15, 0.2) is 0 Å². The van der Waals surface area contributed by atoms with Crippen molar-refractivity contribution in [3.05, 3.63) is 205 Å². The molecule has 0 aliphatic heterocycles. The normalized spacial score (nSPS) is 10.3. The molecule has 48 heavy (non-hydrogen) atoms. The number of hydrogen-bond donors (Lipinski definition) is 0. The van der Waals surface area contributed by atoms with Crippen LogP contribution in [0, 0.1) is 0 Å². The van der Waals surface area contributed by atoms with Crippen LogP contribution < -0.4 is 20.8 Å². The topological polar surface area (TPSA) is 3.24 Å². The van der Waals surface area contributed by atoms with Crippen LogP contribution in [0.15, 0.2) is 205 Å². The number of hydrogen-bond acceptors (Lipinski definition) is 2. The number of benzene rings is 6. The number of nitrogens with zero attached hydrogens (tertiary/aromatic N) is 1. The molecule has 0 spiro atoms. The molecule has 6 aromatic carbocycles. The van der Waals surface area contributed by atoms with E-state index < -0.39 is 16.0 Å². The highest BCUT2D eigenvalue weighted by atomic mass is 32.1. The lowest BCUT2D eigenvalue weighted by atomic mass is 10.2. The molecule has 7 rings (SSSR count). The second-order valence-corrected chi connectivity index (χ2v) is 21.5. The zero-order valence-corrected chi connectivity index (χ0v) is 31.1. The summed E-state index contributed by atoms with van der Waals surface area (Å²) in [6.07, 6.45) is 0. The molecule has 0 saturated carbocycles. The minimum atomic E-state index is -0.611. The highest BCUT2D eigenvalue weighted by molar-refractivity contribution is 7.79. The summed E-state index contributed by atoms with van der Waals surface area (Å²) in [5.41, 5.74) is 3.50. The van der Waals surface area contributed by atoms with Gasteiger partial charge in [-0.1, -0.05) is 184 Å². The fourth-order valence-corrected chi connectivity index (χ4v) is 7.34. The van der Waals surface area contributed by atoms with Crippen LogP contribution in [0.5, 0.6) is 0 Å². The molecule has 0 N–H and O–H groups in total. The minimum absolute atomic E-state index is 0.446. The summed E-state index contributed by atoms with van der Waals surface area (Å²) in [5.74, 6) is 0. The Morgan fingerprint density at radius 3 is 0.792 bits per heavy atom. The van der Waals surface area contributed by atoms with Gasteiger partial charge in [0.25, 0.3) is 0 Å². The van der Waals surface area contributed by atoms with E-state index in [1.165, 1.54) is 33.0 Å². The maximum absolute atomic E-state index is 2.33. The van der Waals surface area contributed by atoms with Gasteiger partial charge in [-0.3, -0.25) is 0 Å². The summed E-state index contributed by atoms with van der Waals surface area (Å²) in [6.45, 7) is 9.31. The van der Waals surface area contributed by atoms with Crippen molar-refractivity contribution in [1.82, 2.24) is 0 Å². The zero-order valence-electron chi connectivity index (χ0n) is 28.4. The van der Waals surface area contributed by atoms with Crippen molar-refractivity contribution < 1.29 is 0 Å². The molecule has 0 unspecified atom stereocenters. The lowest BCUT2D eigenvalue weighted by Crippen LogP contribution is -2.20. The predicted octanol–water partition coefficient (Wildman–Crippen LogP) is 12.3. The van der Waals surface area contributed by atoms with Gasteiger partial charge in [0.1, 0.15) is 0 Å². The molecule has 1 nitrogen and oxygen atoms in total. The first-order valence-electron chi connectivity index (χ1n) is 16.3. The number of para-hydroxylation sites is 3. The Balaban J connectivity index is 0.000000169. The van der Waals surface area contributed by atoms with Crippen molar-refractivity contribution in [3.8, 4) is 0 Å². The predicted molar refractivity (Wildman–Crippen MR) is 220 cm³/mol. The smallest absolute Gasteiger partial charge is 0.0461 e. The molecule has 1 heterocycles. The fourth-order valence-electron chi connectivity index (χ4n) is 4.58. The summed E-state index contributed by atoms with van der Waals surface area (Å²) in [6, 6.07) is 67.6. The Labute approximate surface area is 295 Å². The highest BCUT2D eigenvalue weighted by Crippen LogP contribution is 2.34. The minimum Gasteiger partial charge on any atom is -0.311 e. The summed E-state index contributed by atoms with van der Waals surface area (Å²) >= 11 is 1.71. The molecule has 242 valence electrons. The fraction of sp³-hybridized carbons (Fsp3) is 0.0909. The molecule has 4 heteroatoms. The Hall–Kier alpha value is -4.53. The average molecular weight is 680 g/mol. The molecular weight excluding hydrogens is 634 g/mol. The molecule has 0 aliphatic rings. The van der Waals surface area contributed by atoms with Crippen molar-refractivity contribution in [3.63, 3.8) is 0 Å². The van der Waals surface area contributed by atoms with E-state index in [9.17, 15) is 0 Å². The van der Waals surface area contributed by atoms with Crippen LogP contribution >= 0.6 is 19.3 Å². The lowest BCUT2D eigenvalue weighted by Gasteiger charge is -2.25. The van der Waals surface area contributed by atoms with Gasteiger partial charge < -0.3 is 4.90 Å². The standard InChI is InChI=1S/C18H15N.C18H15P.C4H4S.C4H12Si/c2*1-4-10-16(11-5-1)19(17-12-6-2-7-13-17)18-14-8-3-9-15-18;1-2-4-5-3-1;1-5(2,3)4/h2*1-15H;1-4H;1-4H3. The van der Waals surface area contributed by atoms with E-state index in [4.69, 9.17) is 0 Å². The summed E-state index contributed by atoms with van der Waals surface area (Å²) < 4.78 is 0. The van der Waals surface area contributed by atoms with Gasteiger partial charge in [-0.2, -0.15) is 11.3 Å². The van der Waals surface area contributed by atoms with E-state index >= 15 is 0 Å². The first-order chi connectivity index (χ1) is 23.4. The van der Waals surface area contributed by atoms with Crippen LogP contribution in [-0.2, 0) is 0 Å². The Morgan fingerprint density at radius 1 is 0.354 bits per heavy atom. The van der Waals surface area contributed by atoms with Crippen molar-refractivity contribution in [1.29, 1.82) is 0 Å². The molecule has 0 bridgehead atoms. The van der Waals surface area contributed by atoms with Gasteiger partial charge in [0.05, 0.1) is 0 Å². The van der Waals surface area contributed by atoms with Crippen molar-refractivity contribution in [2.45, 2.75) is 26.2 Å². The second-order valence-electron chi connectivity index (χ2n) is 12.5. The Morgan fingerprint density at radius 2 is 0.583 bits per heavy atom. The van der Waals surface area contributed by atoms with E-state index in [0.717, 1.165) is 0 Å². The van der Waals surface area contributed by atoms with Gasteiger partial charge in [-0.05, 0) is 71.0 Å². The summed E-state index contributed by atoms with van der Waals surface area (Å²) in [7, 11) is -1.06. The van der Waals surface area contributed by atoms with Crippen LogP contribution in [-0.4, -0.2) is 8.07 Å². The highest BCUT2D eigenvalue weighted by Gasteiger charge is 2.15. The second kappa shape index (κ2) is 20.0. The third kappa shape index (κ3) is 12.9. The number of rotatable bonds is 6. The monoisotopic (exact) mass is 679 g/mol. The third-order valence-electron chi connectivity index (χ3n) is 6.51. The average Bonchev–Trinajstić information content (AvgIpc) is 3.72. The van der Waals surface area contributed by atoms with Crippen LogP contribution in [0.3, 0.4) is 0 Å². The number of thiophene rings is 1. The van der Waals surface area contributed by atoms with E-state index in [-0.39, 0.29) is 0 Å². The van der Waals surface area contributed by atoms with Gasteiger partial charge >= 0.3 is 0 Å². The third-order valence-corrected chi connectivity index (χ3v) is 9.58.